The van der Waals surface area contributed by atoms with E-state index in [-0.39, 0.29) is 11.7 Å². The lowest BCUT2D eigenvalue weighted by molar-refractivity contribution is -0.146. The summed E-state index contributed by atoms with van der Waals surface area (Å²) in [4.78, 5) is 12.3. The second kappa shape index (κ2) is 6.33. The highest BCUT2D eigenvalue weighted by Gasteiger charge is 2.39. The molecular formula is C15H21FN2O2. The van der Waals surface area contributed by atoms with Gasteiger partial charge in [-0.1, -0.05) is 12.1 Å². The molecule has 0 unspecified atom stereocenters. The molecule has 1 aliphatic heterocycles. The minimum absolute atomic E-state index is 0.0940. The number of carbonyl (C=O) groups excluding carboxylic acids is 1. The third-order valence-corrected chi connectivity index (χ3v) is 3.89. The van der Waals surface area contributed by atoms with Crippen LogP contribution in [0.3, 0.4) is 0 Å². The Kier molecular flexibility index (Phi) is 4.73. The summed E-state index contributed by atoms with van der Waals surface area (Å²) in [5.41, 5.74) is 0.734. The molecule has 0 bridgehead atoms. The molecule has 1 saturated heterocycles. The maximum absolute atomic E-state index is 13.2. The Hall–Kier alpha value is -1.46. The monoisotopic (exact) mass is 280 g/mol. The van der Waals surface area contributed by atoms with Gasteiger partial charge in [0.2, 0.25) is 0 Å². The number of hydrogen-bond donors (Lipinski definition) is 2. The maximum Gasteiger partial charge on any atom is 0.252 e. The topological polar surface area (TPSA) is 50.4 Å². The summed E-state index contributed by atoms with van der Waals surface area (Å²) in [7, 11) is 1.58. The van der Waals surface area contributed by atoms with E-state index in [0.29, 0.717) is 24.9 Å². The summed E-state index contributed by atoms with van der Waals surface area (Å²) >= 11 is 0. The highest BCUT2D eigenvalue weighted by Crippen LogP contribution is 2.22. The van der Waals surface area contributed by atoms with E-state index < -0.39 is 5.60 Å². The van der Waals surface area contributed by atoms with Crippen LogP contribution < -0.4 is 10.6 Å². The SMILES string of the molecule is COC1(C(=O)NCc2ccc(F)c(C)c2)CCNCC1. The molecule has 5 heteroatoms. The van der Waals surface area contributed by atoms with E-state index in [1.165, 1.54) is 6.07 Å². The van der Waals surface area contributed by atoms with Crippen LogP contribution in [0.4, 0.5) is 4.39 Å². The Morgan fingerprint density at radius 1 is 1.45 bits per heavy atom. The van der Waals surface area contributed by atoms with Crippen molar-refractivity contribution < 1.29 is 13.9 Å². The third-order valence-electron chi connectivity index (χ3n) is 3.89. The number of hydrogen-bond acceptors (Lipinski definition) is 3. The molecule has 0 saturated carbocycles. The first-order valence-electron chi connectivity index (χ1n) is 6.86. The zero-order chi connectivity index (χ0) is 14.6. The van der Waals surface area contributed by atoms with Crippen molar-refractivity contribution in [2.24, 2.45) is 0 Å². The van der Waals surface area contributed by atoms with Gasteiger partial charge in [-0.05, 0) is 50.0 Å². The second-order valence-electron chi connectivity index (χ2n) is 5.21. The molecule has 110 valence electrons. The van der Waals surface area contributed by atoms with Crippen molar-refractivity contribution in [3.63, 3.8) is 0 Å². The fraction of sp³-hybridized carbons (Fsp3) is 0.533. The van der Waals surface area contributed by atoms with E-state index in [1.54, 1.807) is 26.2 Å². The molecule has 1 heterocycles. The van der Waals surface area contributed by atoms with Crippen molar-refractivity contribution >= 4 is 5.91 Å². The van der Waals surface area contributed by atoms with E-state index in [1.807, 2.05) is 0 Å². The zero-order valence-corrected chi connectivity index (χ0v) is 12.0. The van der Waals surface area contributed by atoms with Gasteiger partial charge in [0.1, 0.15) is 11.4 Å². The van der Waals surface area contributed by atoms with E-state index in [4.69, 9.17) is 4.74 Å². The quantitative estimate of drug-likeness (QED) is 0.879. The smallest absolute Gasteiger partial charge is 0.252 e. The fourth-order valence-corrected chi connectivity index (χ4v) is 2.51. The average molecular weight is 280 g/mol. The lowest BCUT2D eigenvalue weighted by Gasteiger charge is -2.34. The van der Waals surface area contributed by atoms with Gasteiger partial charge in [-0.15, -0.1) is 0 Å². The predicted octanol–water partition coefficient (Wildman–Crippen LogP) is 1.52. The Morgan fingerprint density at radius 2 is 2.15 bits per heavy atom. The summed E-state index contributed by atoms with van der Waals surface area (Å²) in [5.74, 6) is -0.324. The Balaban J connectivity index is 1.98. The second-order valence-corrected chi connectivity index (χ2v) is 5.21. The highest BCUT2D eigenvalue weighted by molar-refractivity contribution is 5.85. The number of piperidine rings is 1. The first-order chi connectivity index (χ1) is 9.57. The molecule has 1 amide bonds. The molecule has 0 radical (unpaired) electrons. The van der Waals surface area contributed by atoms with Gasteiger partial charge >= 0.3 is 0 Å². The summed E-state index contributed by atoms with van der Waals surface area (Å²) in [6.07, 6.45) is 1.33. The number of carbonyl (C=O) groups is 1. The van der Waals surface area contributed by atoms with Crippen molar-refractivity contribution in [3.8, 4) is 0 Å². The summed E-state index contributed by atoms with van der Waals surface area (Å²) in [5, 5.41) is 6.11. The van der Waals surface area contributed by atoms with Crippen LogP contribution in [0.1, 0.15) is 24.0 Å². The van der Waals surface area contributed by atoms with Gasteiger partial charge < -0.3 is 15.4 Å². The normalized spacial score (nSPS) is 17.8. The zero-order valence-electron chi connectivity index (χ0n) is 12.0. The number of aryl methyl sites for hydroxylation is 1. The number of rotatable bonds is 4. The molecule has 1 aromatic carbocycles. The highest BCUT2D eigenvalue weighted by atomic mass is 19.1. The molecule has 20 heavy (non-hydrogen) atoms. The molecular weight excluding hydrogens is 259 g/mol. The van der Waals surface area contributed by atoms with Crippen LogP contribution in [0.15, 0.2) is 18.2 Å². The molecule has 1 aromatic rings. The molecule has 1 aliphatic rings. The van der Waals surface area contributed by atoms with Crippen LogP contribution in [-0.4, -0.2) is 31.7 Å². The van der Waals surface area contributed by atoms with E-state index in [9.17, 15) is 9.18 Å². The van der Waals surface area contributed by atoms with Crippen LogP contribution in [0, 0.1) is 12.7 Å². The van der Waals surface area contributed by atoms with E-state index in [0.717, 1.165) is 18.7 Å². The molecule has 2 rings (SSSR count). The summed E-state index contributed by atoms with van der Waals surface area (Å²) in [6, 6.07) is 4.86. The van der Waals surface area contributed by atoms with Gasteiger partial charge in [0, 0.05) is 13.7 Å². The minimum atomic E-state index is -0.736. The van der Waals surface area contributed by atoms with Crippen molar-refractivity contribution in [3.05, 3.63) is 35.1 Å². The van der Waals surface area contributed by atoms with Gasteiger partial charge in [-0.3, -0.25) is 4.79 Å². The number of ether oxygens (including phenoxy) is 1. The fourth-order valence-electron chi connectivity index (χ4n) is 2.51. The van der Waals surface area contributed by atoms with Crippen molar-refractivity contribution in [2.45, 2.75) is 31.9 Å². The summed E-state index contributed by atoms with van der Waals surface area (Å²) in [6.45, 7) is 3.65. The molecule has 0 spiro atoms. The number of halogens is 1. The standard InChI is InChI=1S/C15H21FN2O2/c1-11-9-12(3-4-13(11)16)10-18-14(19)15(20-2)5-7-17-8-6-15/h3-4,9,17H,5-8,10H2,1-2H3,(H,18,19). The summed E-state index contributed by atoms with van der Waals surface area (Å²) < 4.78 is 18.6. The first-order valence-corrected chi connectivity index (χ1v) is 6.86. The van der Waals surface area contributed by atoms with E-state index >= 15 is 0 Å². The number of benzene rings is 1. The van der Waals surface area contributed by atoms with E-state index in [2.05, 4.69) is 10.6 Å². The molecule has 0 aliphatic carbocycles. The van der Waals surface area contributed by atoms with Crippen LogP contribution in [0.2, 0.25) is 0 Å². The van der Waals surface area contributed by atoms with Gasteiger partial charge in [0.25, 0.3) is 5.91 Å². The Morgan fingerprint density at radius 3 is 2.75 bits per heavy atom. The molecule has 4 nitrogen and oxygen atoms in total. The van der Waals surface area contributed by atoms with Crippen LogP contribution >= 0.6 is 0 Å². The van der Waals surface area contributed by atoms with Gasteiger partial charge in [0.15, 0.2) is 0 Å². The Labute approximate surface area is 118 Å². The molecule has 2 N–H and O–H groups in total. The lowest BCUT2D eigenvalue weighted by Crippen LogP contribution is -2.53. The van der Waals surface area contributed by atoms with Crippen LogP contribution in [0.25, 0.3) is 0 Å². The predicted molar refractivity (Wildman–Crippen MR) is 74.8 cm³/mol. The lowest BCUT2D eigenvalue weighted by atomic mass is 9.91. The van der Waals surface area contributed by atoms with Gasteiger partial charge in [-0.25, -0.2) is 4.39 Å². The first kappa shape index (κ1) is 14.9. The molecule has 0 aromatic heterocycles. The van der Waals surface area contributed by atoms with Gasteiger partial charge in [-0.2, -0.15) is 0 Å². The van der Waals surface area contributed by atoms with Crippen LogP contribution in [0.5, 0.6) is 0 Å². The van der Waals surface area contributed by atoms with Crippen molar-refractivity contribution in [2.75, 3.05) is 20.2 Å². The van der Waals surface area contributed by atoms with Crippen LogP contribution in [-0.2, 0) is 16.1 Å². The Bertz CT molecular complexity index is 485. The van der Waals surface area contributed by atoms with Crippen molar-refractivity contribution in [1.82, 2.24) is 10.6 Å². The molecule has 1 fully saturated rings. The van der Waals surface area contributed by atoms with Crippen molar-refractivity contribution in [1.29, 1.82) is 0 Å². The number of nitrogens with one attached hydrogen (secondary N) is 2. The number of amides is 1. The maximum atomic E-state index is 13.2. The minimum Gasteiger partial charge on any atom is -0.368 e. The largest absolute Gasteiger partial charge is 0.368 e. The number of methoxy groups -OCH3 is 1. The molecule has 0 atom stereocenters. The average Bonchev–Trinajstić information content (AvgIpc) is 2.48. The van der Waals surface area contributed by atoms with Gasteiger partial charge in [0.05, 0.1) is 0 Å². The third kappa shape index (κ3) is 3.16.